The molecular weight excluding hydrogens is 444 g/mol. The second kappa shape index (κ2) is 9.64. The van der Waals surface area contributed by atoms with Crippen molar-refractivity contribution in [1.82, 2.24) is 19.4 Å². The molecule has 0 N–H and O–H groups in total. The maximum Gasteiger partial charge on any atom is 0.267 e. The minimum absolute atomic E-state index is 0.0404. The van der Waals surface area contributed by atoms with Crippen molar-refractivity contribution in [3.63, 3.8) is 0 Å². The Morgan fingerprint density at radius 1 is 1.31 bits per heavy atom. The fourth-order valence-electron chi connectivity index (χ4n) is 4.02. The molecule has 4 rings (SSSR count). The summed E-state index contributed by atoms with van der Waals surface area (Å²) in [6.45, 7) is 7.02. The van der Waals surface area contributed by atoms with E-state index in [-0.39, 0.29) is 17.2 Å². The molecule has 0 saturated carbocycles. The second-order valence-electron chi connectivity index (χ2n) is 7.76. The average molecular weight is 473 g/mol. The van der Waals surface area contributed by atoms with Gasteiger partial charge in [-0.2, -0.15) is 0 Å². The zero-order chi connectivity index (χ0) is 22.8. The molecule has 1 aliphatic heterocycles. The molecule has 2 aromatic heterocycles. The average Bonchev–Trinajstić information content (AvgIpc) is 3.16. The number of fused-ring (bicyclic) bond motifs is 3. The topological polar surface area (TPSA) is 67.7 Å². The van der Waals surface area contributed by atoms with Crippen molar-refractivity contribution < 1.29 is 9.53 Å². The van der Waals surface area contributed by atoms with Gasteiger partial charge in [-0.25, -0.2) is 4.98 Å². The summed E-state index contributed by atoms with van der Waals surface area (Å²) < 4.78 is 7.02. The van der Waals surface area contributed by atoms with Crippen LogP contribution in [0.5, 0.6) is 5.75 Å². The fourth-order valence-corrected chi connectivity index (χ4v) is 6.28. The number of thiophene rings is 1. The van der Waals surface area contributed by atoms with Crippen molar-refractivity contribution in [2.24, 2.45) is 0 Å². The summed E-state index contributed by atoms with van der Waals surface area (Å²) >= 11 is 2.91. The van der Waals surface area contributed by atoms with E-state index in [1.807, 2.05) is 38.1 Å². The Balaban J connectivity index is 1.85. The van der Waals surface area contributed by atoms with Crippen LogP contribution < -0.4 is 10.3 Å². The number of carbonyl (C=O) groups is 1. The van der Waals surface area contributed by atoms with Gasteiger partial charge in [0.15, 0.2) is 5.16 Å². The summed E-state index contributed by atoms with van der Waals surface area (Å²) in [4.78, 5) is 37.4. The smallest absolute Gasteiger partial charge is 0.267 e. The number of rotatable bonds is 7. The Kier molecular flexibility index (Phi) is 6.88. The number of hydrogen-bond acceptors (Lipinski definition) is 7. The van der Waals surface area contributed by atoms with Crippen molar-refractivity contribution >= 4 is 39.2 Å². The molecule has 7 nitrogen and oxygen atoms in total. The summed E-state index contributed by atoms with van der Waals surface area (Å²) in [6.07, 6.45) is 0.841. The van der Waals surface area contributed by atoms with E-state index in [1.54, 1.807) is 27.9 Å². The number of carbonyl (C=O) groups excluding carboxylic acids is 1. The van der Waals surface area contributed by atoms with Gasteiger partial charge in [-0.05, 0) is 45.0 Å². The number of ether oxygens (including phenoxy) is 1. The van der Waals surface area contributed by atoms with E-state index >= 15 is 0 Å². The molecule has 0 fully saturated rings. The van der Waals surface area contributed by atoms with Gasteiger partial charge in [-0.15, -0.1) is 11.3 Å². The van der Waals surface area contributed by atoms with E-state index in [4.69, 9.17) is 9.72 Å². The molecule has 32 heavy (non-hydrogen) atoms. The van der Waals surface area contributed by atoms with Crippen LogP contribution in [0.4, 0.5) is 0 Å². The molecular formula is C23H28N4O3S2. The standard InChI is InChI=1S/C23H28N4O3S2/c1-5-26(6-2)19(28)14-31-23-24-21-20(17-10-11-25(3)13-18(17)32-21)22(29)27(23)15-8-7-9-16(12-15)30-4/h7-9,12H,5-6,10-11,13-14H2,1-4H3. The summed E-state index contributed by atoms with van der Waals surface area (Å²) in [7, 11) is 3.70. The van der Waals surface area contributed by atoms with Gasteiger partial charge in [-0.3, -0.25) is 14.2 Å². The minimum atomic E-state index is -0.0805. The molecule has 0 spiro atoms. The lowest BCUT2D eigenvalue weighted by Gasteiger charge is -2.22. The summed E-state index contributed by atoms with van der Waals surface area (Å²) in [5.74, 6) is 0.939. The summed E-state index contributed by atoms with van der Waals surface area (Å²) in [5, 5.41) is 1.24. The second-order valence-corrected chi connectivity index (χ2v) is 9.79. The van der Waals surface area contributed by atoms with Crippen LogP contribution in [0.15, 0.2) is 34.2 Å². The molecule has 3 heterocycles. The Morgan fingerprint density at radius 3 is 2.81 bits per heavy atom. The molecule has 0 unspecified atom stereocenters. The molecule has 1 amide bonds. The van der Waals surface area contributed by atoms with Gasteiger partial charge in [0.25, 0.3) is 5.56 Å². The highest BCUT2D eigenvalue weighted by molar-refractivity contribution is 7.99. The van der Waals surface area contributed by atoms with Gasteiger partial charge in [0.05, 0.1) is 23.9 Å². The lowest BCUT2D eigenvalue weighted by atomic mass is 10.1. The lowest BCUT2D eigenvalue weighted by Crippen LogP contribution is -2.32. The number of likely N-dealkylation sites (N-methyl/N-ethyl adjacent to an activating group) is 1. The Bertz CT molecular complexity index is 1200. The first-order valence-corrected chi connectivity index (χ1v) is 12.6. The predicted octanol–water partition coefficient (Wildman–Crippen LogP) is 3.40. The number of aromatic nitrogens is 2. The van der Waals surface area contributed by atoms with Crippen LogP contribution >= 0.6 is 23.1 Å². The van der Waals surface area contributed by atoms with E-state index in [2.05, 4.69) is 11.9 Å². The third-order valence-corrected chi connectivity index (χ3v) is 7.82. The zero-order valence-corrected chi connectivity index (χ0v) is 20.5. The number of thioether (sulfide) groups is 1. The number of hydrogen-bond donors (Lipinski definition) is 0. The van der Waals surface area contributed by atoms with Gasteiger partial charge in [-0.1, -0.05) is 17.8 Å². The number of methoxy groups -OCH3 is 1. The Hall–Kier alpha value is -2.36. The molecule has 170 valence electrons. The SMILES string of the molecule is CCN(CC)C(=O)CSc1nc2sc3c(c2c(=O)n1-c1cccc(OC)c1)CCN(C)C3. The highest BCUT2D eigenvalue weighted by atomic mass is 32.2. The highest BCUT2D eigenvalue weighted by Gasteiger charge is 2.25. The Morgan fingerprint density at radius 2 is 2.09 bits per heavy atom. The largest absolute Gasteiger partial charge is 0.497 e. The van der Waals surface area contributed by atoms with Crippen LogP contribution in [0.3, 0.4) is 0 Å². The molecule has 3 aromatic rings. The van der Waals surface area contributed by atoms with Gasteiger partial charge >= 0.3 is 0 Å². The predicted molar refractivity (Wildman–Crippen MR) is 130 cm³/mol. The van der Waals surface area contributed by atoms with Gasteiger partial charge in [0.2, 0.25) is 5.91 Å². The molecule has 0 aliphatic carbocycles. The van der Waals surface area contributed by atoms with E-state index in [0.717, 1.165) is 29.9 Å². The van der Waals surface area contributed by atoms with E-state index in [9.17, 15) is 9.59 Å². The number of benzene rings is 1. The van der Waals surface area contributed by atoms with Crippen molar-refractivity contribution in [3.8, 4) is 11.4 Å². The van der Waals surface area contributed by atoms with Crippen molar-refractivity contribution in [2.45, 2.75) is 32.0 Å². The van der Waals surface area contributed by atoms with Crippen molar-refractivity contribution in [3.05, 3.63) is 45.1 Å². The van der Waals surface area contributed by atoms with Crippen molar-refractivity contribution in [1.29, 1.82) is 0 Å². The minimum Gasteiger partial charge on any atom is -0.497 e. The van der Waals surface area contributed by atoms with E-state index in [0.29, 0.717) is 35.1 Å². The van der Waals surface area contributed by atoms with Gasteiger partial charge in [0.1, 0.15) is 10.6 Å². The van der Waals surface area contributed by atoms with Crippen LogP contribution in [-0.2, 0) is 17.8 Å². The van der Waals surface area contributed by atoms with Crippen LogP contribution in [0.1, 0.15) is 24.3 Å². The normalized spacial score (nSPS) is 13.9. The van der Waals surface area contributed by atoms with Crippen LogP contribution in [-0.4, -0.2) is 64.8 Å². The maximum atomic E-state index is 13.8. The lowest BCUT2D eigenvalue weighted by molar-refractivity contribution is -0.127. The van der Waals surface area contributed by atoms with Crippen molar-refractivity contribution in [2.75, 3.05) is 39.5 Å². The number of amides is 1. The van der Waals surface area contributed by atoms with E-state index in [1.165, 1.54) is 16.6 Å². The quantitative estimate of drug-likeness (QED) is 0.388. The first-order chi connectivity index (χ1) is 15.5. The first-order valence-electron chi connectivity index (χ1n) is 10.8. The molecule has 0 atom stereocenters. The van der Waals surface area contributed by atoms with Crippen LogP contribution in [0.2, 0.25) is 0 Å². The van der Waals surface area contributed by atoms with E-state index < -0.39 is 0 Å². The maximum absolute atomic E-state index is 13.8. The fraction of sp³-hybridized carbons (Fsp3) is 0.435. The zero-order valence-electron chi connectivity index (χ0n) is 18.9. The Labute approximate surface area is 196 Å². The van der Waals surface area contributed by atoms with Crippen LogP contribution in [0.25, 0.3) is 15.9 Å². The summed E-state index contributed by atoms with van der Waals surface area (Å²) in [6, 6.07) is 7.41. The first kappa shape index (κ1) is 22.8. The third-order valence-electron chi connectivity index (χ3n) is 5.79. The van der Waals surface area contributed by atoms with Gasteiger partial charge < -0.3 is 14.5 Å². The molecule has 1 aromatic carbocycles. The summed E-state index contributed by atoms with van der Waals surface area (Å²) in [5.41, 5.74) is 1.73. The monoisotopic (exact) mass is 472 g/mol. The molecule has 0 bridgehead atoms. The highest BCUT2D eigenvalue weighted by Crippen LogP contribution is 2.34. The van der Waals surface area contributed by atoms with Crippen LogP contribution in [0, 0.1) is 0 Å². The molecule has 1 aliphatic rings. The molecule has 0 saturated heterocycles. The van der Waals surface area contributed by atoms with Gasteiger partial charge in [0, 0.05) is 37.1 Å². The third kappa shape index (κ3) is 4.29. The number of nitrogens with zero attached hydrogens (tertiary/aromatic N) is 4. The molecule has 0 radical (unpaired) electrons. The molecule has 9 heteroatoms.